The molecule has 1 fully saturated rings. The summed E-state index contributed by atoms with van der Waals surface area (Å²) in [6, 6.07) is 14.2. The summed E-state index contributed by atoms with van der Waals surface area (Å²) < 4.78 is 5.85. The number of aryl methyl sites for hydroxylation is 1. The van der Waals surface area contributed by atoms with Crippen molar-refractivity contribution in [1.82, 2.24) is 15.3 Å². The molecule has 1 aromatic carbocycles. The lowest BCUT2D eigenvalue weighted by Crippen LogP contribution is -2.49. The van der Waals surface area contributed by atoms with Crippen molar-refractivity contribution in [3.8, 4) is 11.6 Å². The number of aromatic nitrogens is 2. The Morgan fingerprint density at radius 1 is 1.14 bits per heavy atom. The maximum atomic E-state index is 13.4. The van der Waals surface area contributed by atoms with Crippen LogP contribution >= 0.6 is 11.3 Å². The van der Waals surface area contributed by atoms with Gasteiger partial charge in [-0.15, -0.1) is 11.3 Å². The Balaban J connectivity index is 1.34. The molecule has 188 valence electrons. The van der Waals surface area contributed by atoms with Gasteiger partial charge in [-0.2, -0.15) is 0 Å². The Hall–Kier alpha value is -4.02. The predicted molar refractivity (Wildman–Crippen MR) is 144 cm³/mol. The highest BCUT2D eigenvalue weighted by molar-refractivity contribution is 7.21. The number of carbonyl (C=O) groups is 2. The van der Waals surface area contributed by atoms with Gasteiger partial charge >= 0.3 is 6.03 Å². The van der Waals surface area contributed by atoms with Crippen LogP contribution in [0.4, 0.5) is 21.9 Å². The molecule has 3 aromatic heterocycles. The van der Waals surface area contributed by atoms with Crippen molar-refractivity contribution in [2.45, 2.75) is 44.7 Å². The van der Waals surface area contributed by atoms with Gasteiger partial charge in [-0.3, -0.25) is 9.69 Å². The quantitative estimate of drug-likeness (QED) is 0.324. The number of nitrogens with zero attached hydrogens (tertiary/aromatic N) is 3. The number of hydrogen-bond acceptors (Lipinski definition) is 7. The molecule has 1 aliphatic heterocycles. The van der Waals surface area contributed by atoms with Crippen LogP contribution in [0.1, 0.15) is 41.0 Å². The number of ether oxygens (including phenoxy) is 1. The van der Waals surface area contributed by atoms with E-state index in [-0.39, 0.29) is 24.0 Å². The first-order valence-electron chi connectivity index (χ1n) is 12.3. The largest absolute Gasteiger partial charge is 0.439 e. The zero-order chi connectivity index (χ0) is 25.5. The molecule has 0 saturated heterocycles. The first-order chi connectivity index (χ1) is 18.0. The van der Waals surface area contributed by atoms with Gasteiger partial charge in [0.1, 0.15) is 15.5 Å². The molecule has 10 heteroatoms. The maximum Gasteiger partial charge on any atom is 0.331 e. The molecule has 1 saturated carbocycles. The second-order valence-corrected chi connectivity index (χ2v) is 10.3. The third kappa shape index (κ3) is 4.28. The van der Waals surface area contributed by atoms with E-state index in [1.807, 2.05) is 43.3 Å². The third-order valence-corrected chi connectivity index (χ3v) is 7.92. The molecule has 1 aliphatic carbocycles. The Morgan fingerprint density at radius 2 is 1.95 bits per heavy atom. The van der Waals surface area contributed by atoms with Crippen LogP contribution in [0.15, 0.2) is 54.7 Å². The van der Waals surface area contributed by atoms with Crippen LogP contribution in [0.2, 0.25) is 0 Å². The summed E-state index contributed by atoms with van der Waals surface area (Å²) in [6.07, 6.45) is 5.52. The molecule has 2 aliphatic rings. The first-order valence-corrected chi connectivity index (χ1v) is 13.1. The molecule has 0 radical (unpaired) electrons. The number of carbonyl (C=O) groups excluding carboxylic acids is 2. The predicted octanol–water partition coefficient (Wildman–Crippen LogP) is 5.48. The van der Waals surface area contributed by atoms with Gasteiger partial charge < -0.3 is 21.1 Å². The number of amides is 3. The number of hydrogen-bond donors (Lipinski definition) is 3. The van der Waals surface area contributed by atoms with Gasteiger partial charge in [-0.25, -0.2) is 14.8 Å². The summed E-state index contributed by atoms with van der Waals surface area (Å²) in [7, 11) is 0. The van der Waals surface area contributed by atoms with Crippen LogP contribution in [-0.2, 0) is 0 Å². The van der Waals surface area contributed by atoms with Crippen LogP contribution in [-0.4, -0.2) is 34.0 Å². The van der Waals surface area contributed by atoms with Crippen LogP contribution in [0.3, 0.4) is 0 Å². The fourth-order valence-corrected chi connectivity index (χ4v) is 6.01. The number of benzene rings is 1. The van der Waals surface area contributed by atoms with E-state index in [0.717, 1.165) is 31.1 Å². The third-order valence-electron chi connectivity index (χ3n) is 6.83. The number of nitrogens with two attached hydrogens (primary N) is 1. The van der Waals surface area contributed by atoms with E-state index in [1.54, 1.807) is 23.2 Å². The number of pyridine rings is 2. The summed E-state index contributed by atoms with van der Waals surface area (Å²) in [5.41, 5.74) is 8.61. The van der Waals surface area contributed by atoms with E-state index in [4.69, 9.17) is 10.5 Å². The molecule has 4 aromatic rings. The zero-order valence-corrected chi connectivity index (χ0v) is 21.0. The minimum Gasteiger partial charge on any atom is -0.439 e. The van der Waals surface area contributed by atoms with Crippen molar-refractivity contribution >= 4 is 50.6 Å². The highest BCUT2D eigenvalue weighted by Crippen LogP contribution is 2.46. The van der Waals surface area contributed by atoms with Crippen molar-refractivity contribution in [2.24, 2.45) is 5.73 Å². The summed E-state index contributed by atoms with van der Waals surface area (Å²) in [5.74, 6) is 0.873. The standard InChI is InChI=1S/C27H26N6O3S/c1-15-19(11-12-21(30-15)36-16-7-3-2-4-8-16)33-20-13-14-29-26-22(20)23(32-27(33)35)24(37-26)25(34)31-18-10-6-5-9-17(18)28/h2-4,7-8,11-14,17-18H,5-6,9-10,28H2,1H3,(H,31,34)(H,32,35)/t17-,18+/m0/s1. The molecule has 3 amide bonds. The van der Waals surface area contributed by atoms with Crippen molar-refractivity contribution in [2.75, 3.05) is 10.2 Å². The lowest BCUT2D eigenvalue weighted by atomic mass is 9.91. The Labute approximate surface area is 217 Å². The molecule has 9 nitrogen and oxygen atoms in total. The fourth-order valence-electron chi connectivity index (χ4n) is 4.99. The van der Waals surface area contributed by atoms with Crippen molar-refractivity contribution < 1.29 is 14.3 Å². The van der Waals surface area contributed by atoms with Gasteiger partial charge in [-0.05, 0) is 44.0 Å². The van der Waals surface area contributed by atoms with Gasteiger partial charge in [0.25, 0.3) is 5.91 Å². The highest BCUT2D eigenvalue weighted by Gasteiger charge is 2.34. The highest BCUT2D eigenvalue weighted by atomic mass is 32.1. The first kappa shape index (κ1) is 23.4. The number of nitrogens with one attached hydrogen (secondary N) is 2. The Kier molecular flexibility index (Phi) is 5.97. The summed E-state index contributed by atoms with van der Waals surface area (Å²) in [6.45, 7) is 1.83. The smallest absolute Gasteiger partial charge is 0.331 e. The number of anilines is 3. The second-order valence-electron chi connectivity index (χ2n) is 9.28. The van der Waals surface area contributed by atoms with Crippen LogP contribution in [0.25, 0.3) is 10.2 Å². The van der Waals surface area contributed by atoms with E-state index in [0.29, 0.717) is 44.1 Å². The van der Waals surface area contributed by atoms with Gasteiger partial charge in [0.15, 0.2) is 0 Å². The van der Waals surface area contributed by atoms with Crippen LogP contribution in [0, 0.1) is 6.92 Å². The van der Waals surface area contributed by atoms with Gasteiger partial charge in [-0.1, -0.05) is 31.0 Å². The maximum absolute atomic E-state index is 13.4. The van der Waals surface area contributed by atoms with E-state index < -0.39 is 0 Å². The van der Waals surface area contributed by atoms with Gasteiger partial charge in [0.05, 0.1) is 28.1 Å². The van der Waals surface area contributed by atoms with Gasteiger partial charge in [0, 0.05) is 24.3 Å². The average molecular weight is 515 g/mol. The van der Waals surface area contributed by atoms with E-state index in [1.165, 1.54) is 11.3 Å². The zero-order valence-electron chi connectivity index (χ0n) is 20.2. The number of urea groups is 1. The monoisotopic (exact) mass is 514 g/mol. The Bertz CT molecular complexity index is 1510. The molecule has 2 atom stereocenters. The van der Waals surface area contributed by atoms with Crippen LogP contribution < -0.4 is 26.0 Å². The van der Waals surface area contributed by atoms with Crippen LogP contribution in [0.5, 0.6) is 11.6 Å². The molecular formula is C27H26N6O3S. The van der Waals surface area contributed by atoms with Crippen molar-refractivity contribution in [1.29, 1.82) is 0 Å². The lowest BCUT2D eigenvalue weighted by Gasteiger charge is -2.30. The van der Waals surface area contributed by atoms with E-state index >= 15 is 0 Å². The molecular weight excluding hydrogens is 488 g/mol. The molecule has 0 spiro atoms. The molecule has 37 heavy (non-hydrogen) atoms. The van der Waals surface area contributed by atoms with E-state index in [2.05, 4.69) is 20.6 Å². The molecule has 6 rings (SSSR count). The number of thiophene rings is 1. The minimum absolute atomic E-state index is 0.0634. The molecule has 0 unspecified atom stereocenters. The van der Waals surface area contributed by atoms with E-state index in [9.17, 15) is 9.59 Å². The van der Waals surface area contributed by atoms with Crippen molar-refractivity contribution in [3.63, 3.8) is 0 Å². The average Bonchev–Trinajstić information content (AvgIpc) is 3.26. The van der Waals surface area contributed by atoms with Gasteiger partial charge in [0.2, 0.25) is 5.88 Å². The lowest BCUT2D eigenvalue weighted by molar-refractivity contribution is 0.0926. The normalized spacial score (nSPS) is 19.0. The summed E-state index contributed by atoms with van der Waals surface area (Å²) >= 11 is 1.27. The second kappa shape index (κ2) is 9.45. The summed E-state index contributed by atoms with van der Waals surface area (Å²) in [4.78, 5) is 38.4. The topological polar surface area (TPSA) is 122 Å². The summed E-state index contributed by atoms with van der Waals surface area (Å²) in [5, 5.41) is 6.76. The molecule has 0 bridgehead atoms. The number of para-hydroxylation sites is 1. The van der Waals surface area contributed by atoms with Crippen molar-refractivity contribution in [3.05, 3.63) is 65.3 Å². The Morgan fingerprint density at radius 3 is 2.73 bits per heavy atom. The number of rotatable bonds is 5. The molecule has 4 N–H and O–H groups in total. The SMILES string of the molecule is Cc1nc(Oc2ccccc2)ccc1N1C(=O)Nc2c(C(=O)N[C@@H]3CCCC[C@@H]3N)sc3nccc1c23. The minimum atomic E-state index is -0.372. The molecule has 4 heterocycles. The fraction of sp³-hybridized carbons (Fsp3) is 0.259.